The molecule has 0 N–H and O–H groups in total. The van der Waals surface area contributed by atoms with Crippen molar-refractivity contribution in [1.82, 2.24) is 9.80 Å². The molecule has 0 saturated carbocycles. The highest BCUT2D eigenvalue weighted by molar-refractivity contribution is 7.10. The molecule has 0 spiro atoms. The third-order valence-corrected chi connectivity index (χ3v) is 7.85. The fourth-order valence-corrected chi connectivity index (χ4v) is 5.51. The maximum Gasteiger partial charge on any atom is 0.242 e. The van der Waals surface area contributed by atoms with Gasteiger partial charge in [-0.15, -0.1) is 11.3 Å². The Morgan fingerprint density at radius 2 is 1.86 bits per heavy atom. The van der Waals surface area contributed by atoms with Crippen molar-refractivity contribution in [2.24, 2.45) is 0 Å². The number of fused-ring (bicyclic) bond motifs is 1. The van der Waals surface area contributed by atoms with Crippen LogP contribution in [0.3, 0.4) is 0 Å². The number of nitrogens with zero attached hydrogens (tertiary/aromatic N) is 2. The van der Waals surface area contributed by atoms with Crippen molar-refractivity contribution in [1.29, 1.82) is 0 Å². The molecule has 2 atom stereocenters. The van der Waals surface area contributed by atoms with Gasteiger partial charge in [-0.25, -0.2) is 0 Å². The number of thiophene rings is 1. The Balaban J connectivity index is 1.51. The molecule has 0 saturated heterocycles. The summed E-state index contributed by atoms with van der Waals surface area (Å²) in [6.45, 7) is 7.20. The highest BCUT2D eigenvalue weighted by Crippen LogP contribution is 2.34. The molecular weight excluding hydrogens is 456 g/mol. The van der Waals surface area contributed by atoms with E-state index in [1.165, 1.54) is 4.88 Å². The fourth-order valence-electron chi connectivity index (χ4n) is 4.58. The van der Waals surface area contributed by atoms with Gasteiger partial charge < -0.3 is 14.5 Å². The van der Waals surface area contributed by atoms with E-state index >= 15 is 0 Å². The number of amides is 2. The molecule has 2 amide bonds. The predicted molar refractivity (Wildman–Crippen MR) is 141 cm³/mol. The highest BCUT2D eigenvalue weighted by atomic mass is 32.1. The largest absolute Gasteiger partial charge is 0.491 e. The molecule has 0 aliphatic carbocycles. The Morgan fingerprint density at radius 1 is 1.11 bits per heavy atom. The summed E-state index contributed by atoms with van der Waals surface area (Å²) in [6.07, 6.45) is 1.93. The molecule has 0 radical (unpaired) electrons. The molecular formula is C29H34N2O3S. The Hall–Kier alpha value is -3.12. The number of aryl methyl sites for hydroxylation is 1. The summed E-state index contributed by atoms with van der Waals surface area (Å²) in [5.41, 5.74) is 3.19. The van der Waals surface area contributed by atoms with Gasteiger partial charge in [0.15, 0.2) is 0 Å². The van der Waals surface area contributed by atoms with Crippen LogP contribution in [0, 0.1) is 6.92 Å². The average Bonchev–Trinajstić information content (AvgIpc) is 3.36. The molecule has 35 heavy (non-hydrogen) atoms. The first-order chi connectivity index (χ1) is 17.0. The fraction of sp³-hybridized carbons (Fsp3) is 0.379. The molecule has 4 rings (SSSR count). The van der Waals surface area contributed by atoms with E-state index in [1.807, 2.05) is 73.3 Å². The van der Waals surface area contributed by atoms with Gasteiger partial charge in [-0.3, -0.25) is 9.59 Å². The first-order valence-corrected chi connectivity index (χ1v) is 13.2. The Bertz CT molecular complexity index is 1140. The molecule has 5 nitrogen and oxygen atoms in total. The third kappa shape index (κ3) is 5.93. The van der Waals surface area contributed by atoms with Crippen LogP contribution in [0.5, 0.6) is 5.75 Å². The van der Waals surface area contributed by atoms with Gasteiger partial charge in [0.25, 0.3) is 0 Å². The lowest BCUT2D eigenvalue weighted by atomic mass is 10.00. The molecule has 2 heterocycles. The Kier molecular flexibility index (Phi) is 8.24. The minimum Gasteiger partial charge on any atom is -0.491 e. The standard InChI is InChI=1S/C29H34N2O3S/c1-4-22(3)31(28(32)18-23-11-6-5-7-12-23)19-29(33)30-16-14-27-24(15-17-35-27)25(30)20-34-26-13-9-8-10-21(26)2/h5-13,15,17,22,25H,4,14,16,18-20H2,1-3H3/t22-,25+/m1/s1. The average molecular weight is 491 g/mol. The van der Waals surface area contributed by atoms with Gasteiger partial charge in [0.2, 0.25) is 11.8 Å². The summed E-state index contributed by atoms with van der Waals surface area (Å²) >= 11 is 1.74. The minimum absolute atomic E-state index is 0.0140. The van der Waals surface area contributed by atoms with E-state index in [9.17, 15) is 9.59 Å². The van der Waals surface area contributed by atoms with Crippen LogP contribution < -0.4 is 4.74 Å². The van der Waals surface area contributed by atoms with E-state index in [2.05, 4.69) is 18.4 Å². The van der Waals surface area contributed by atoms with E-state index in [1.54, 1.807) is 16.2 Å². The molecule has 2 aromatic carbocycles. The maximum atomic E-state index is 13.7. The zero-order valence-electron chi connectivity index (χ0n) is 20.8. The number of hydrogen-bond donors (Lipinski definition) is 0. The third-order valence-electron chi connectivity index (χ3n) is 6.85. The molecule has 1 aliphatic heterocycles. The predicted octanol–water partition coefficient (Wildman–Crippen LogP) is 5.43. The lowest BCUT2D eigenvalue weighted by Crippen LogP contribution is -2.50. The summed E-state index contributed by atoms with van der Waals surface area (Å²) in [5.74, 6) is 0.795. The number of benzene rings is 2. The molecule has 6 heteroatoms. The Morgan fingerprint density at radius 3 is 2.60 bits per heavy atom. The van der Waals surface area contributed by atoms with Crippen molar-refractivity contribution in [3.8, 4) is 5.75 Å². The van der Waals surface area contributed by atoms with E-state index in [4.69, 9.17) is 4.74 Å². The van der Waals surface area contributed by atoms with Gasteiger partial charge in [0.05, 0.1) is 12.5 Å². The number of para-hydroxylation sites is 1. The number of carbonyl (C=O) groups is 2. The Labute approximate surface area is 212 Å². The van der Waals surface area contributed by atoms with Crippen molar-refractivity contribution in [2.45, 2.75) is 52.1 Å². The van der Waals surface area contributed by atoms with Gasteiger partial charge in [0, 0.05) is 17.5 Å². The zero-order chi connectivity index (χ0) is 24.8. The van der Waals surface area contributed by atoms with E-state index in [0.29, 0.717) is 19.6 Å². The summed E-state index contributed by atoms with van der Waals surface area (Å²) in [4.78, 5) is 31.9. The van der Waals surface area contributed by atoms with E-state index in [-0.39, 0.29) is 30.4 Å². The molecule has 0 bridgehead atoms. The highest BCUT2D eigenvalue weighted by Gasteiger charge is 2.34. The van der Waals surface area contributed by atoms with E-state index in [0.717, 1.165) is 35.3 Å². The number of carbonyl (C=O) groups excluding carboxylic acids is 2. The van der Waals surface area contributed by atoms with Crippen molar-refractivity contribution >= 4 is 23.2 Å². The lowest BCUT2D eigenvalue weighted by Gasteiger charge is -2.38. The normalized spacial score (nSPS) is 15.9. The second-order valence-corrected chi connectivity index (χ2v) is 10.2. The topological polar surface area (TPSA) is 49.9 Å². The first kappa shape index (κ1) is 25.0. The van der Waals surface area contributed by atoms with Gasteiger partial charge in [0.1, 0.15) is 18.9 Å². The van der Waals surface area contributed by atoms with Crippen LogP contribution in [0.2, 0.25) is 0 Å². The lowest BCUT2D eigenvalue weighted by molar-refractivity contribution is -0.144. The van der Waals surface area contributed by atoms with Crippen LogP contribution in [0.1, 0.15) is 47.9 Å². The van der Waals surface area contributed by atoms with Crippen LogP contribution in [-0.4, -0.2) is 47.4 Å². The van der Waals surface area contributed by atoms with Gasteiger partial charge >= 0.3 is 0 Å². The summed E-state index contributed by atoms with van der Waals surface area (Å²) in [7, 11) is 0. The van der Waals surface area contributed by atoms with Crippen molar-refractivity contribution in [3.05, 3.63) is 87.6 Å². The van der Waals surface area contributed by atoms with Gasteiger partial charge in [-0.2, -0.15) is 0 Å². The molecule has 0 fully saturated rings. The zero-order valence-corrected chi connectivity index (χ0v) is 21.6. The molecule has 1 aliphatic rings. The summed E-state index contributed by atoms with van der Waals surface area (Å²) in [6, 6.07) is 19.6. The second-order valence-electron chi connectivity index (χ2n) is 9.17. The van der Waals surface area contributed by atoms with E-state index < -0.39 is 0 Å². The molecule has 184 valence electrons. The monoisotopic (exact) mass is 490 g/mol. The number of ether oxygens (including phenoxy) is 1. The second kappa shape index (κ2) is 11.5. The molecule has 3 aromatic rings. The number of rotatable bonds is 9. The van der Waals surface area contributed by atoms with Crippen molar-refractivity contribution in [3.63, 3.8) is 0 Å². The molecule has 1 aromatic heterocycles. The summed E-state index contributed by atoms with van der Waals surface area (Å²) < 4.78 is 6.21. The smallest absolute Gasteiger partial charge is 0.242 e. The number of hydrogen-bond acceptors (Lipinski definition) is 4. The van der Waals surface area contributed by atoms with Crippen LogP contribution in [0.4, 0.5) is 0 Å². The molecule has 0 unspecified atom stereocenters. The van der Waals surface area contributed by atoms with Crippen LogP contribution in [-0.2, 0) is 22.4 Å². The summed E-state index contributed by atoms with van der Waals surface area (Å²) in [5, 5.41) is 2.09. The van der Waals surface area contributed by atoms with Crippen molar-refractivity contribution < 1.29 is 14.3 Å². The van der Waals surface area contributed by atoms with Crippen LogP contribution in [0.15, 0.2) is 66.0 Å². The SMILES string of the molecule is CC[C@@H](C)N(CC(=O)N1CCc2sccc2[C@@H]1COc1ccccc1C)C(=O)Cc1ccccc1. The first-order valence-electron chi connectivity index (χ1n) is 12.4. The van der Waals surface area contributed by atoms with Crippen LogP contribution in [0.25, 0.3) is 0 Å². The quantitative estimate of drug-likeness (QED) is 0.402. The minimum atomic E-state index is -0.167. The van der Waals surface area contributed by atoms with Crippen LogP contribution >= 0.6 is 11.3 Å². The van der Waals surface area contributed by atoms with Gasteiger partial charge in [-0.1, -0.05) is 55.5 Å². The maximum absolute atomic E-state index is 13.7. The van der Waals surface area contributed by atoms with Gasteiger partial charge in [-0.05, 0) is 60.9 Å². The van der Waals surface area contributed by atoms with Crippen molar-refractivity contribution in [2.75, 3.05) is 19.7 Å².